The molecular formula is C15H17F2N3O. The third-order valence-corrected chi connectivity index (χ3v) is 2.73. The van der Waals surface area contributed by atoms with Crippen LogP contribution in [0.4, 0.5) is 14.6 Å². The number of aryl methyl sites for hydroxylation is 1. The van der Waals surface area contributed by atoms with Crippen molar-refractivity contribution in [3.05, 3.63) is 41.7 Å². The average molecular weight is 293 g/mol. The summed E-state index contributed by atoms with van der Waals surface area (Å²) < 4.78 is 31.9. The molecule has 1 aromatic heterocycles. The molecule has 6 heteroatoms. The van der Waals surface area contributed by atoms with Crippen LogP contribution in [0.2, 0.25) is 0 Å². The molecule has 4 nitrogen and oxygen atoms in total. The van der Waals surface area contributed by atoms with Gasteiger partial charge < -0.3 is 10.1 Å². The summed E-state index contributed by atoms with van der Waals surface area (Å²) in [5, 5.41) is 3.13. The van der Waals surface area contributed by atoms with Crippen LogP contribution in [-0.2, 0) is 6.42 Å². The van der Waals surface area contributed by atoms with Crippen molar-refractivity contribution in [1.82, 2.24) is 9.97 Å². The third-order valence-electron chi connectivity index (χ3n) is 2.73. The lowest BCUT2D eigenvalue weighted by Crippen LogP contribution is -2.06. The Morgan fingerprint density at radius 3 is 2.62 bits per heavy atom. The molecule has 0 unspecified atom stereocenters. The number of nitrogens with one attached hydrogen (secondary N) is 1. The molecule has 0 spiro atoms. The summed E-state index contributed by atoms with van der Waals surface area (Å²) in [7, 11) is 0. The molecule has 2 aromatic rings. The van der Waals surface area contributed by atoms with Gasteiger partial charge in [-0.2, -0.15) is 4.98 Å². The summed E-state index contributed by atoms with van der Waals surface area (Å²) in [6, 6.07) is 4.74. The van der Waals surface area contributed by atoms with Crippen LogP contribution in [0, 0.1) is 11.6 Å². The highest BCUT2D eigenvalue weighted by molar-refractivity contribution is 5.40. The maximum Gasteiger partial charge on any atom is 0.224 e. The van der Waals surface area contributed by atoms with Crippen LogP contribution in [0.5, 0.6) is 11.6 Å². The Bertz CT molecular complexity index is 620. The lowest BCUT2D eigenvalue weighted by atomic mass is 10.3. The largest absolute Gasteiger partial charge is 0.436 e. The van der Waals surface area contributed by atoms with Crippen molar-refractivity contribution in [3.8, 4) is 11.6 Å². The van der Waals surface area contributed by atoms with Crippen LogP contribution in [-0.4, -0.2) is 16.5 Å². The molecular weight excluding hydrogens is 276 g/mol. The molecule has 2 rings (SSSR count). The molecule has 1 N–H and O–H groups in total. The van der Waals surface area contributed by atoms with Crippen LogP contribution >= 0.6 is 0 Å². The van der Waals surface area contributed by atoms with Gasteiger partial charge in [0, 0.05) is 25.1 Å². The van der Waals surface area contributed by atoms with E-state index in [-0.39, 0.29) is 11.6 Å². The topological polar surface area (TPSA) is 47.0 Å². The number of benzene rings is 1. The molecule has 0 saturated heterocycles. The van der Waals surface area contributed by atoms with E-state index in [1.165, 1.54) is 6.07 Å². The zero-order chi connectivity index (χ0) is 15.2. The molecule has 21 heavy (non-hydrogen) atoms. The van der Waals surface area contributed by atoms with E-state index >= 15 is 0 Å². The highest BCUT2D eigenvalue weighted by Crippen LogP contribution is 2.25. The molecule has 0 aliphatic rings. The molecule has 0 radical (unpaired) electrons. The summed E-state index contributed by atoms with van der Waals surface area (Å²) in [5.41, 5.74) is 0. The maximum absolute atomic E-state index is 13.6. The second-order valence-electron chi connectivity index (χ2n) is 4.46. The lowest BCUT2D eigenvalue weighted by molar-refractivity contribution is 0.421. The fourth-order valence-corrected chi connectivity index (χ4v) is 1.70. The lowest BCUT2D eigenvalue weighted by Gasteiger charge is -2.10. The summed E-state index contributed by atoms with van der Waals surface area (Å²) in [6.45, 7) is 4.73. The van der Waals surface area contributed by atoms with Crippen LogP contribution < -0.4 is 10.1 Å². The molecule has 0 bridgehead atoms. The van der Waals surface area contributed by atoms with Gasteiger partial charge in [-0.1, -0.05) is 13.8 Å². The Morgan fingerprint density at radius 1 is 1.14 bits per heavy atom. The van der Waals surface area contributed by atoms with E-state index < -0.39 is 11.6 Å². The van der Waals surface area contributed by atoms with E-state index in [2.05, 4.69) is 15.3 Å². The Morgan fingerprint density at radius 2 is 1.95 bits per heavy atom. The predicted molar refractivity (Wildman–Crippen MR) is 76.6 cm³/mol. The smallest absolute Gasteiger partial charge is 0.224 e. The number of anilines is 1. The first-order chi connectivity index (χ1) is 10.1. The van der Waals surface area contributed by atoms with Gasteiger partial charge in [-0.3, -0.25) is 0 Å². The number of hydrogen-bond donors (Lipinski definition) is 1. The first-order valence-corrected chi connectivity index (χ1v) is 6.87. The van der Waals surface area contributed by atoms with Crippen molar-refractivity contribution in [1.29, 1.82) is 0 Å². The molecule has 0 saturated carbocycles. The minimum Gasteiger partial charge on any atom is -0.436 e. The van der Waals surface area contributed by atoms with Gasteiger partial charge in [0.2, 0.25) is 5.88 Å². The van der Waals surface area contributed by atoms with Gasteiger partial charge in [-0.15, -0.1) is 0 Å². The zero-order valence-electron chi connectivity index (χ0n) is 12.0. The minimum absolute atomic E-state index is 0.0707. The number of ether oxygens (including phenoxy) is 1. The average Bonchev–Trinajstić information content (AvgIpc) is 2.48. The fraction of sp³-hybridized carbons (Fsp3) is 0.333. The Labute approximate surface area is 122 Å². The SMILES string of the molecule is CCCNc1cc(Oc2ccc(F)cc2F)nc(CC)n1. The van der Waals surface area contributed by atoms with Crippen molar-refractivity contribution >= 4 is 5.82 Å². The fourth-order valence-electron chi connectivity index (χ4n) is 1.70. The first-order valence-electron chi connectivity index (χ1n) is 6.87. The summed E-state index contributed by atoms with van der Waals surface area (Å²) in [6.07, 6.45) is 1.58. The van der Waals surface area contributed by atoms with Gasteiger partial charge in [0.1, 0.15) is 17.5 Å². The molecule has 0 atom stereocenters. The quantitative estimate of drug-likeness (QED) is 0.876. The number of nitrogens with zero attached hydrogens (tertiary/aromatic N) is 2. The maximum atomic E-state index is 13.6. The molecule has 1 heterocycles. The Hall–Kier alpha value is -2.24. The van der Waals surface area contributed by atoms with E-state index in [0.29, 0.717) is 18.1 Å². The second-order valence-corrected chi connectivity index (χ2v) is 4.46. The van der Waals surface area contributed by atoms with E-state index in [1.807, 2.05) is 13.8 Å². The molecule has 1 aromatic carbocycles. The monoisotopic (exact) mass is 293 g/mol. The first kappa shape index (κ1) is 15.2. The number of aromatic nitrogens is 2. The van der Waals surface area contributed by atoms with Gasteiger partial charge in [0.15, 0.2) is 11.6 Å². The Balaban J connectivity index is 2.25. The van der Waals surface area contributed by atoms with E-state index in [0.717, 1.165) is 25.1 Å². The molecule has 112 valence electrons. The zero-order valence-corrected chi connectivity index (χ0v) is 12.0. The summed E-state index contributed by atoms with van der Waals surface area (Å²) in [4.78, 5) is 8.50. The molecule has 0 amide bonds. The van der Waals surface area contributed by atoms with Gasteiger partial charge in [0.25, 0.3) is 0 Å². The summed E-state index contributed by atoms with van der Waals surface area (Å²) >= 11 is 0. The van der Waals surface area contributed by atoms with Gasteiger partial charge in [0.05, 0.1) is 0 Å². The number of halogens is 2. The van der Waals surface area contributed by atoms with Crippen LogP contribution in [0.3, 0.4) is 0 Å². The van der Waals surface area contributed by atoms with Crippen molar-refractivity contribution < 1.29 is 13.5 Å². The summed E-state index contributed by atoms with van der Waals surface area (Å²) in [5.74, 6) is -0.0452. The highest BCUT2D eigenvalue weighted by Gasteiger charge is 2.09. The number of rotatable bonds is 6. The van der Waals surface area contributed by atoms with E-state index in [1.54, 1.807) is 6.07 Å². The second kappa shape index (κ2) is 6.97. The van der Waals surface area contributed by atoms with Crippen molar-refractivity contribution in [2.75, 3.05) is 11.9 Å². The third kappa shape index (κ3) is 4.11. The normalized spacial score (nSPS) is 10.5. The van der Waals surface area contributed by atoms with Gasteiger partial charge in [-0.05, 0) is 18.6 Å². The van der Waals surface area contributed by atoms with Crippen molar-refractivity contribution in [2.45, 2.75) is 26.7 Å². The number of hydrogen-bond acceptors (Lipinski definition) is 4. The van der Waals surface area contributed by atoms with E-state index in [9.17, 15) is 8.78 Å². The molecule has 0 fully saturated rings. The predicted octanol–water partition coefficient (Wildman–Crippen LogP) is 3.93. The molecule has 0 aliphatic carbocycles. The van der Waals surface area contributed by atoms with Crippen molar-refractivity contribution in [2.24, 2.45) is 0 Å². The highest BCUT2D eigenvalue weighted by atomic mass is 19.1. The minimum atomic E-state index is -0.769. The van der Waals surface area contributed by atoms with E-state index in [4.69, 9.17) is 4.74 Å². The van der Waals surface area contributed by atoms with Gasteiger partial charge in [-0.25, -0.2) is 13.8 Å². The van der Waals surface area contributed by atoms with Gasteiger partial charge >= 0.3 is 0 Å². The van der Waals surface area contributed by atoms with Crippen LogP contribution in [0.25, 0.3) is 0 Å². The Kier molecular flexibility index (Phi) is 5.03. The van der Waals surface area contributed by atoms with Crippen LogP contribution in [0.1, 0.15) is 26.1 Å². The standard InChI is InChI=1S/C15H17F2N3O/c1-3-7-18-14-9-15(20-13(4-2)19-14)21-12-6-5-10(16)8-11(12)17/h5-6,8-9H,3-4,7H2,1-2H3,(H,18,19,20). The molecule has 0 aliphatic heterocycles. The van der Waals surface area contributed by atoms with Crippen molar-refractivity contribution in [3.63, 3.8) is 0 Å². The van der Waals surface area contributed by atoms with Crippen LogP contribution in [0.15, 0.2) is 24.3 Å².